The molecule has 0 saturated heterocycles. The molecule has 0 atom stereocenters. The van der Waals surface area contributed by atoms with Gasteiger partial charge in [-0.1, -0.05) is 36.4 Å². The van der Waals surface area contributed by atoms with E-state index in [1.54, 1.807) is 42.5 Å². The molecule has 3 N–H and O–H groups in total. The molecule has 0 fully saturated rings. The minimum absolute atomic E-state index is 0.0741. The van der Waals surface area contributed by atoms with Gasteiger partial charge in [0.15, 0.2) is 0 Å². The van der Waals surface area contributed by atoms with Gasteiger partial charge in [0.1, 0.15) is 0 Å². The van der Waals surface area contributed by atoms with E-state index in [-0.39, 0.29) is 10.8 Å². The zero-order chi connectivity index (χ0) is 14.3. The van der Waals surface area contributed by atoms with Crippen molar-refractivity contribution in [2.24, 2.45) is 5.73 Å². The van der Waals surface area contributed by atoms with Crippen molar-refractivity contribution < 1.29 is 17.8 Å². The number of rotatable bonds is 2. The maximum absolute atomic E-state index is 10.4. The first-order valence-corrected chi connectivity index (χ1v) is 6.72. The Kier molecular flexibility index (Phi) is 5.23. The molecule has 100 valence electrons. The average molecular weight is 279 g/mol. The Morgan fingerprint density at radius 3 is 1.58 bits per heavy atom. The van der Waals surface area contributed by atoms with Crippen molar-refractivity contribution in [1.29, 1.82) is 0 Å². The van der Waals surface area contributed by atoms with E-state index in [0.29, 0.717) is 5.56 Å². The van der Waals surface area contributed by atoms with Crippen molar-refractivity contribution in [1.82, 2.24) is 0 Å². The van der Waals surface area contributed by atoms with Crippen molar-refractivity contribution in [2.75, 3.05) is 0 Å². The Balaban J connectivity index is 0.000000191. The molecule has 5 nitrogen and oxygen atoms in total. The molecule has 6 heteroatoms. The monoisotopic (exact) mass is 279 g/mol. The van der Waals surface area contributed by atoms with Gasteiger partial charge < -0.3 is 5.73 Å². The molecule has 0 heterocycles. The van der Waals surface area contributed by atoms with Gasteiger partial charge in [0.05, 0.1) is 4.90 Å². The van der Waals surface area contributed by atoms with Gasteiger partial charge >= 0.3 is 0 Å². The van der Waals surface area contributed by atoms with Gasteiger partial charge in [-0.2, -0.15) is 8.42 Å². The highest BCUT2D eigenvalue weighted by Crippen LogP contribution is 2.05. The summed E-state index contributed by atoms with van der Waals surface area (Å²) in [5.41, 5.74) is 5.53. The van der Waals surface area contributed by atoms with Gasteiger partial charge in [0.2, 0.25) is 5.91 Å². The third-order valence-corrected chi connectivity index (χ3v) is 2.97. The van der Waals surface area contributed by atoms with Crippen LogP contribution in [0.3, 0.4) is 0 Å². The Hall–Kier alpha value is -2.18. The highest BCUT2D eigenvalue weighted by Gasteiger charge is 2.05. The Morgan fingerprint density at radius 1 is 0.895 bits per heavy atom. The number of carbonyl (C=O) groups is 1. The number of primary amides is 1. The lowest BCUT2D eigenvalue weighted by Gasteiger charge is -1.92. The maximum Gasteiger partial charge on any atom is 0.294 e. The van der Waals surface area contributed by atoms with Crippen molar-refractivity contribution in [3.63, 3.8) is 0 Å². The molecule has 2 aromatic rings. The second kappa shape index (κ2) is 6.67. The average Bonchev–Trinajstić information content (AvgIpc) is 2.40. The predicted octanol–water partition coefficient (Wildman–Crippen LogP) is 1.72. The van der Waals surface area contributed by atoms with Crippen LogP contribution in [0.2, 0.25) is 0 Å². The lowest BCUT2D eigenvalue weighted by atomic mass is 10.2. The minimum atomic E-state index is -4.00. The first-order valence-electron chi connectivity index (χ1n) is 5.28. The molecule has 0 aromatic heterocycles. The number of hydrogen-bond donors (Lipinski definition) is 2. The molecule has 2 rings (SSSR count). The second-order valence-electron chi connectivity index (χ2n) is 3.52. The van der Waals surface area contributed by atoms with Crippen LogP contribution in [0.4, 0.5) is 0 Å². The first-order chi connectivity index (χ1) is 8.91. The van der Waals surface area contributed by atoms with Crippen molar-refractivity contribution in [3.05, 3.63) is 66.2 Å². The third kappa shape index (κ3) is 5.33. The smallest absolute Gasteiger partial charge is 0.294 e. The second-order valence-corrected chi connectivity index (χ2v) is 4.94. The molecule has 0 unspecified atom stereocenters. The zero-order valence-electron chi connectivity index (χ0n) is 9.93. The summed E-state index contributed by atoms with van der Waals surface area (Å²) in [7, 11) is -4.00. The van der Waals surface area contributed by atoms with Crippen LogP contribution >= 0.6 is 0 Å². The summed E-state index contributed by atoms with van der Waals surface area (Å²) >= 11 is 0. The number of nitrogens with two attached hydrogens (primary N) is 1. The van der Waals surface area contributed by atoms with Crippen LogP contribution in [0.1, 0.15) is 10.4 Å². The molecule has 0 spiro atoms. The summed E-state index contributed by atoms with van der Waals surface area (Å²) in [6.07, 6.45) is 0. The largest absolute Gasteiger partial charge is 0.366 e. The van der Waals surface area contributed by atoms with E-state index < -0.39 is 10.1 Å². The van der Waals surface area contributed by atoms with Crippen molar-refractivity contribution in [3.8, 4) is 0 Å². The van der Waals surface area contributed by atoms with Gasteiger partial charge in [-0.25, -0.2) is 0 Å². The summed E-state index contributed by atoms with van der Waals surface area (Å²) in [5.74, 6) is -0.379. The van der Waals surface area contributed by atoms with Crippen LogP contribution in [0.15, 0.2) is 65.6 Å². The first kappa shape index (κ1) is 14.9. The summed E-state index contributed by atoms with van der Waals surface area (Å²) in [6.45, 7) is 0. The van der Waals surface area contributed by atoms with E-state index in [0.717, 1.165) is 0 Å². The highest BCUT2D eigenvalue weighted by atomic mass is 32.2. The van der Waals surface area contributed by atoms with Crippen LogP contribution in [-0.2, 0) is 10.1 Å². The van der Waals surface area contributed by atoms with Crippen LogP contribution in [0.25, 0.3) is 0 Å². The van der Waals surface area contributed by atoms with Gasteiger partial charge in [0, 0.05) is 5.56 Å². The number of amides is 1. The van der Waals surface area contributed by atoms with E-state index in [1.165, 1.54) is 12.1 Å². The van der Waals surface area contributed by atoms with E-state index in [9.17, 15) is 13.2 Å². The van der Waals surface area contributed by atoms with Crippen molar-refractivity contribution >= 4 is 16.0 Å². The molecular weight excluding hydrogens is 266 g/mol. The highest BCUT2D eigenvalue weighted by molar-refractivity contribution is 7.85. The lowest BCUT2D eigenvalue weighted by Crippen LogP contribution is -2.09. The van der Waals surface area contributed by atoms with Crippen molar-refractivity contribution in [2.45, 2.75) is 4.90 Å². The fraction of sp³-hybridized carbons (Fsp3) is 0. The Bertz CT molecular complexity index is 624. The topological polar surface area (TPSA) is 97.5 Å². The Morgan fingerprint density at radius 2 is 1.32 bits per heavy atom. The van der Waals surface area contributed by atoms with Crippen LogP contribution in [0, 0.1) is 0 Å². The molecular formula is C13H13NO4S. The van der Waals surface area contributed by atoms with E-state index in [2.05, 4.69) is 0 Å². The standard InChI is InChI=1S/C7H7NO.C6H6O3S/c8-7(9)6-4-2-1-3-5-6;7-10(8,9)6-4-2-1-3-5-6/h1-5H,(H2,8,9);1-5H,(H,7,8,9). The summed E-state index contributed by atoms with van der Waals surface area (Å²) in [5, 5.41) is 0. The number of benzene rings is 2. The molecule has 0 aliphatic rings. The van der Waals surface area contributed by atoms with E-state index >= 15 is 0 Å². The molecule has 0 aliphatic carbocycles. The van der Waals surface area contributed by atoms with Gasteiger partial charge in [-0.15, -0.1) is 0 Å². The SMILES string of the molecule is NC(=O)c1ccccc1.O=S(=O)(O)c1ccccc1. The summed E-state index contributed by atoms with van der Waals surface area (Å²) in [6, 6.07) is 16.2. The van der Waals surface area contributed by atoms with Crippen LogP contribution in [-0.4, -0.2) is 18.9 Å². The fourth-order valence-electron chi connectivity index (χ4n) is 1.19. The molecule has 19 heavy (non-hydrogen) atoms. The van der Waals surface area contributed by atoms with Crippen LogP contribution < -0.4 is 5.73 Å². The van der Waals surface area contributed by atoms with E-state index in [1.807, 2.05) is 6.07 Å². The summed E-state index contributed by atoms with van der Waals surface area (Å²) < 4.78 is 29.2. The Labute approximate surface area is 111 Å². The van der Waals surface area contributed by atoms with Gasteiger partial charge in [-0.3, -0.25) is 9.35 Å². The number of hydrogen-bond acceptors (Lipinski definition) is 3. The molecule has 2 aromatic carbocycles. The minimum Gasteiger partial charge on any atom is -0.366 e. The number of carbonyl (C=O) groups excluding carboxylic acids is 1. The molecule has 0 aliphatic heterocycles. The normalized spacial score (nSPS) is 10.2. The van der Waals surface area contributed by atoms with E-state index in [4.69, 9.17) is 10.3 Å². The zero-order valence-corrected chi connectivity index (χ0v) is 10.7. The van der Waals surface area contributed by atoms with Gasteiger partial charge in [-0.05, 0) is 24.3 Å². The molecule has 1 amide bonds. The predicted molar refractivity (Wildman–Crippen MR) is 71.2 cm³/mol. The maximum atomic E-state index is 10.4. The lowest BCUT2D eigenvalue weighted by molar-refractivity contribution is 0.100. The summed E-state index contributed by atoms with van der Waals surface area (Å²) in [4.78, 5) is 10.3. The molecule has 0 radical (unpaired) electrons. The molecule has 0 saturated carbocycles. The van der Waals surface area contributed by atoms with Gasteiger partial charge in [0.25, 0.3) is 10.1 Å². The fourth-order valence-corrected chi connectivity index (χ4v) is 1.70. The quantitative estimate of drug-likeness (QED) is 0.818. The third-order valence-electron chi connectivity index (χ3n) is 2.10. The van der Waals surface area contributed by atoms with Crippen LogP contribution in [0.5, 0.6) is 0 Å². The molecule has 0 bridgehead atoms.